The van der Waals surface area contributed by atoms with Crippen LogP contribution in [0.25, 0.3) is 0 Å². The van der Waals surface area contributed by atoms with Gasteiger partial charge in [0, 0.05) is 24.6 Å². The summed E-state index contributed by atoms with van der Waals surface area (Å²) >= 11 is 6.30. The molecule has 1 fully saturated rings. The molecular formula is C7H15NS2. The number of thioether (sulfide) groups is 1. The molecule has 1 heterocycles. The highest BCUT2D eigenvalue weighted by atomic mass is 32.2. The van der Waals surface area contributed by atoms with Gasteiger partial charge >= 0.3 is 0 Å². The van der Waals surface area contributed by atoms with Crippen LogP contribution >= 0.6 is 24.4 Å². The number of rotatable bonds is 2. The number of nitrogens with zero attached hydrogens (tertiary/aromatic N) is 1. The molecule has 0 aromatic carbocycles. The topological polar surface area (TPSA) is 3.24 Å². The first kappa shape index (κ1) is 8.75. The fourth-order valence-electron chi connectivity index (χ4n) is 1.16. The largest absolute Gasteiger partial charge is 0.302 e. The molecule has 0 aliphatic carbocycles. The Balaban J connectivity index is 2.15. The number of hydrogen-bond donors (Lipinski definition) is 1. The molecule has 0 spiro atoms. The highest BCUT2D eigenvalue weighted by Gasteiger charge is 2.06. The van der Waals surface area contributed by atoms with Crippen molar-refractivity contribution in [3.05, 3.63) is 0 Å². The summed E-state index contributed by atoms with van der Waals surface area (Å²) in [7, 11) is 0. The zero-order valence-corrected chi connectivity index (χ0v) is 7.96. The summed E-state index contributed by atoms with van der Waals surface area (Å²) in [5.74, 6) is 3.67. The molecule has 0 atom stereocenters. The predicted octanol–water partition coefficient (Wildman–Crippen LogP) is 1.36. The Kier molecular flexibility index (Phi) is 4.66. The third kappa shape index (κ3) is 3.17. The van der Waals surface area contributed by atoms with Gasteiger partial charge in [-0.3, -0.25) is 0 Å². The molecule has 1 aliphatic heterocycles. The van der Waals surface area contributed by atoms with Gasteiger partial charge in [0.05, 0.1) is 0 Å². The molecule has 1 aliphatic rings. The van der Waals surface area contributed by atoms with Crippen LogP contribution in [0.15, 0.2) is 0 Å². The van der Waals surface area contributed by atoms with Crippen molar-refractivity contribution in [1.82, 2.24) is 4.90 Å². The Hall–Kier alpha value is 0.660. The Morgan fingerprint density at radius 1 is 1.30 bits per heavy atom. The highest BCUT2D eigenvalue weighted by molar-refractivity contribution is 7.99. The molecule has 1 saturated heterocycles. The fraction of sp³-hybridized carbons (Fsp3) is 1.00. The normalized spacial score (nSPS) is 22.5. The first-order chi connectivity index (χ1) is 4.93. The van der Waals surface area contributed by atoms with Crippen LogP contribution in [-0.4, -0.2) is 41.8 Å². The Bertz CT molecular complexity index is 79.7. The minimum Gasteiger partial charge on any atom is -0.302 e. The predicted molar refractivity (Wildman–Crippen MR) is 52.2 cm³/mol. The minimum absolute atomic E-state index is 1.00. The molecule has 0 aromatic heterocycles. The second-order valence-corrected chi connectivity index (χ2v) is 4.20. The molecular weight excluding hydrogens is 162 g/mol. The average molecular weight is 177 g/mol. The fourth-order valence-corrected chi connectivity index (χ4v) is 2.37. The van der Waals surface area contributed by atoms with E-state index in [0.29, 0.717) is 0 Å². The van der Waals surface area contributed by atoms with Gasteiger partial charge in [-0.25, -0.2) is 0 Å². The van der Waals surface area contributed by atoms with Gasteiger partial charge in [0.15, 0.2) is 0 Å². The van der Waals surface area contributed by atoms with E-state index in [-0.39, 0.29) is 0 Å². The van der Waals surface area contributed by atoms with E-state index in [2.05, 4.69) is 29.3 Å². The van der Waals surface area contributed by atoms with Crippen molar-refractivity contribution in [3.8, 4) is 0 Å². The molecule has 0 unspecified atom stereocenters. The summed E-state index contributed by atoms with van der Waals surface area (Å²) < 4.78 is 0. The van der Waals surface area contributed by atoms with E-state index in [0.717, 1.165) is 5.75 Å². The summed E-state index contributed by atoms with van der Waals surface area (Å²) in [5.41, 5.74) is 0. The van der Waals surface area contributed by atoms with Gasteiger partial charge in [-0.05, 0) is 18.7 Å². The SMILES string of the molecule is SCCN1CCCSCC1. The monoisotopic (exact) mass is 177 g/mol. The molecule has 60 valence electrons. The van der Waals surface area contributed by atoms with Gasteiger partial charge in [0.25, 0.3) is 0 Å². The first-order valence-corrected chi connectivity index (χ1v) is 5.63. The van der Waals surface area contributed by atoms with Crippen LogP contribution in [-0.2, 0) is 0 Å². The van der Waals surface area contributed by atoms with Crippen molar-refractivity contribution in [2.75, 3.05) is 36.9 Å². The van der Waals surface area contributed by atoms with Gasteiger partial charge in [0.2, 0.25) is 0 Å². The summed E-state index contributed by atoms with van der Waals surface area (Å²) in [6.45, 7) is 3.72. The molecule has 10 heavy (non-hydrogen) atoms. The van der Waals surface area contributed by atoms with E-state index >= 15 is 0 Å². The van der Waals surface area contributed by atoms with Gasteiger partial charge in [-0.1, -0.05) is 0 Å². The quantitative estimate of drug-likeness (QED) is 0.634. The minimum atomic E-state index is 1.00. The van der Waals surface area contributed by atoms with E-state index in [4.69, 9.17) is 0 Å². The maximum atomic E-state index is 4.22. The molecule has 0 radical (unpaired) electrons. The zero-order chi connectivity index (χ0) is 7.23. The van der Waals surface area contributed by atoms with Crippen LogP contribution in [0.4, 0.5) is 0 Å². The van der Waals surface area contributed by atoms with Gasteiger partial charge in [-0.2, -0.15) is 24.4 Å². The Labute approximate surface area is 73.0 Å². The van der Waals surface area contributed by atoms with Gasteiger partial charge in [-0.15, -0.1) is 0 Å². The molecule has 1 nitrogen and oxygen atoms in total. The van der Waals surface area contributed by atoms with Crippen LogP contribution < -0.4 is 0 Å². The lowest BCUT2D eigenvalue weighted by Gasteiger charge is -2.17. The van der Waals surface area contributed by atoms with Gasteiger partial charge < -0.3 is 4.90 Å². The molecule has 0 aromatic rings. The number of hydrogen-bond acceptors (Lipinski definition) is 3. The zero-order valence-electron chi connectivity index (χ0n) is 6.25. The van der Waals surface area contributed by atoms with Crippen molar-refractivity contribution >= 4 is 24.4 Å². The molecule has 1 rings (SSSR count). The second kappa shape index (κ2) is 5.33. The Morgan fingerprint density at radius 3 is 3.00 bits per heavy atom. The van der Waals surface area contributed by atoms with Gasteiger partial charge in [0.1, 0.15) is 0 Å². The third-order valence-corrected chi connectivity index (χ3v) is 2.98. The van der Waals surface area contributed by atoms with Crippen LogP contribution in [0.2, 0.25) is 0 Å². The van der Waals surface area contributed by atoms with Crippen molar-refractivity contribution in [2.24, 2.45) is 0 Å². The highest BCUT2D eigenvalue weighted by Crippen LogP contribution is 2.09. The van der Waals surface area contributed by atoms with Crippen LogP contribution in [0.5, 0.6) is 0 Å². The maximum absolute atomic E-state index is 4.22. The van der Waals surface area contributed by atoms with E-state index in [1.54, 1.807) is 0 Å². The molecule has 3 heteroatoms. The lowest BCUT2D eigenvalue weighted by molar-refractivity contribution is 0.315. The van der Waals surface area contributed by atoms with Crippen molar-refractivity contribution in [3.63, 3.8) is 0 Å². The Morgan fingerprint density at radius 2 is 2.20 bits per heavy atom. The summed E-state index contributed by atoms with van der Waals surface area (Å²) in [6, 6.07) is 0. The third-order valence-electron chi connectivity index (χ3n) is 1.73. The lowest BCUT2D eigenvalue weighted by Crippen LogP contribution is -2.27. The maximum Gasteiger partial charge on any atom is 0.00727 e. The molecule has 0 N–H and O–H groups in total. The van der Waals surface area contributed by atoms with E-state index in [1.807, 2.05) is 0 Å². The first-order valence-electron chi connectivity index (χ1n) is 3.84. The van der Waals surface area contributed by atoms with Crippen molar-refractivity contribution in [2.45, 2.75) is 6.42 Å². The summed E-state index contributed by atoms with van der Waals surface area (Å²) in [5, 5.41) is 0. The average Bonchev–Trinajstić information content (AvgIpc) is 2.17. The lowest BCUT2D eigenvalue weighted by atomic mass is 10.4. The van der Waals surface area contributed by atoms with Crippen molar-refractivity contribution < 1.29 is 0 Å². The molecule has 0 bridgehead atoms. The summed E-state index contributed by atoms with van der Waals surface area (Å²) in [4.78, 5) is 2.51. The van der Waals surface area contributed by atoms with E-state index in [1.165, 1.54) is 37.6 Å². The summed E-state index contributed by atoms with van der Waals surface area (Å²) in [6.07, 6.45) is 1.36. The van der Waals surface area contributed by atoms with E-state index < -0.39 is 0 Å². The van der Waals surface area contributed by atoms with Crippen LogP contribution in [0.3, 0.4) is 0 Å². The smallest absolute Gasteiger partial charge is 0.00727 e. The number of thiol groups is 1. The standard InChI is InChI=1S/C7H15NS2/c9-5-3-8-2-1-6-10-7-4-8/h9H,1-7H2. The second-order valence-electron chi connectivity index (χ2n) is 2.53. The van der Waals surface area contributed by atoms with Crippen LogP contribution in [0, 0.1) is 0 Å². The van der Waals surface area contributed by atoms with Crippen molar-refractivity contribution in [1.29, 1.82) is 0 Å². The van der Waals surface area contributed by atoms with E-state index in [9.17, 15) is 0 Å². The molecule has 0 amide bonds. The van der Waals surface area contributed by atoms with Crippen LogP contribution in [0.1, 0.15) is 6.42 Å². The molecule has 0 saturated carbocycles.